The molecule has 50 heavy (non-hydrogen) atoms. The molecule has 0 saturated carbocycles. The Balaban J connectivity index is 3.39. The summed E-state index contributed by atoms with van der Waals surface area (Å²) in [4.78, 5) is 67.3. The molecule has 0 bridgehead atoms. The Kier molecular flexibility index (Phi) is 33.4. The quantitative estimate of drug-likeness (QED) is 0.0583. The molecule has 0 heterocycles. The van der Waals surface area contributed by atoms with E-state index in [1.54, 1.807) is 6.29 Å². The maximum Gasteiger partial charge on any atom is 0.326 e. The molecule has 0 spiro atoms. The zero-order valence-electron chi connectivity index (χ0n) is 29.9. The molecule has 0 rings (SSSR count). The lowest BCUT2D eigenvalue weighted by Crippen LogP contribution is -2.42. The standard InChI is InChI=1S/C35H62N3O12/c39-21-15-16-30(35(45)46)38-33(42)29-50-27-25-48-23-20-37-32(41)28-49-26-24-47-22-19-36-31(40)17-13-11-9-7-5-3-1-2-4-6-8-10-12-14-18-34(43)44/h30H,1-20,22-29H2,(H,36,40)(H,37,41)(H,38,42)(H,43,44)(H,45,46)/t30-/m0/s1. The maximum absolute atomic E-state index is 12.0. The van der Waals surface area contributed by atoms with E-state index < -0.39 is 23.9 Å². The third kappa shape index (κ3) is 34.7. The van der Waals surface area contributed by atoms with Gasteiger partial charge < -0.3 is 45.1 Å². The number of carbonyl (C=O) groups is 5. The smallest absolute Gasteiger partial charge is 0.326 e. The summed E-state index contributed by atoms with van der Waals surface area (Å²) in [5, 5.41) is 25.4. The van der Waals surface area contributed by atoms with Crippen LogP contribution in [0.5, 0.6) is 0 Å². The second-order valence-electron chi connectivity index (χ2n) is 12.0. The summed E-state index contributed by atoms with van der Waals surface area (Å²) in [6.45, 7) is 1.61. The van der Waals surface area contributed by atoms with E-state index in [1.165, 1.54) is 51.4 Å². The van der Waals surface area contributed by atoms with Crippen molar-refractivity contribution in [1.29, 1.82) is 0 Å². The Hall–Kier alpha value is -3.14. The highest BCUT2D eigenvalue weighted by molar-refractivity contribution is 5.84. The fraction of sp³-hybridized carbons (Fsp3) is 0.829. The predicted molar refractivity (Wildman–Crippen MR) is 185 cm³/mol. The number of hydrogen-bond donors (Lipinski definition) is 5. The SMILES string of the molecule is O=[C]CC[C@H](NC(=O)COCCOCCNC(=O)COCCOCCNC(=O)CCCCCCCCCCCCCCCCC(=O)O)C(=O)O. The van der Waals surface area contributed by atoms with E-state index in [-0.39, 0.29) is 77.3 Å². The Labute approximate surface area is 297 Å². The zero-order chi connectivity index (χ0) is 36.9. The van der Waals surface area contributed by atoms with Gasteiger partial charge in [-0.25, -0.2) is 4.79 Å². The minimum Gasteiger partial charge on any atom is -0.481 e. The molecule has 289 valence electrons. The normalized spacial score (nSPS) is 11.5. The van der Waals surface area contributed by atoms with Gasteiger partial charge in [0.1, 0.15) is 19.3 Å². The van der Waals surface area contributed by atoms with Gasteiger partial charge in [-0.1, -0.05) is 77.0 Å². The summed E-state index contributed by atoms with van der Waals surface area (Å²) in [6.07, 6.45) is 18.3. The maximum atomic E-state index is 12.0. The predicted octanol–water partition coefficient (Wildman–Crippen LogP) is 3.07. The van der Waals surface area contributed by atoms with Gasteiger partial charge in [0.25, 0.3) is 0 Å². The van der Waals surface area contributed by atoms with Crippen LogP contribution in [0.4, 0.5) is 0 Å². The number of amides is 3. The molecule has 0 aromatic carbocycles. The number of hydrogen-bond acceptors (Lipinski definition) is 10. The summed E-state index contributed by atoms with van der Waals surface area (Å²) in [5.41, 5.74) is 0. The van der Waals surface area contributed by atoms with Crippen molar-refractivity contribution < 1.29 is 57.9 Å². The average Bonchev–Trinajstić information content (AvgIpc) is 3.08. The summed E-state index contributed by atoms with van der Waals surface area (Å²) >= 11 is 0. The molecule has 0 unspecified atom stereocenters. The van der Waals surface area contributed by atoms with Gasteiger partial charge in [-0.3, -0.25) is 24.0 Å². The number of carboxylic acid groups (broad SMARTS) is 2. The average molecular weight is 717 g/mol. The molecule has 0 aliphatic carbocycles. The number of unbranched alkanes of at least 4 members (excludes halogenated alkanes) is 13. The fourth-order valence-corrected chi connectivity index (χ4v) is 4.81. The zero-order valence-corrected chi connectivity index (χ0v) is 29.9. The van der Waals surface area contributed by atoms with Crippen molar-refractivity contribution in [3.63, 3.8) is 0 Å². The first kappa shape index (κ1) is 46.9. The van der Waals surface area contributed by atoms with Crippen LogP contribution in [0.1, 0.15) is 116 Å². The van der Waals surface area contributed by atoms with Crippen molar-refractivity contribution in [3.05, 3.63) is 0 Å². The van der Waals surface area contributed by atoms with E-state index in [1.807, 2.05) is 0 Å². The van der Waals surface area contributed by atoms with Crippen LogP contribution in [-0.2, 0) is 47.7 Å². The van der Waals surface area contributed by atoms with E-state index >= 15 is 0 Å². The summed E-state index contributed by atoms with van der Waals surface area (Å²) < 4.78 is 21.1. The number of carboxylic acids is 2. The van der Waals surface area contributed by atoms with Crippen molar-refractivity contribution in [2.45, 2.75) is 122 Å². The highest BCUT2D eigenvalue weighted by Crippen LogP contribution is 2.13. The summed E-state index contributed by atoms with van der Waals surface area (Å²) in [7, 11) is 0. The molecular formula is C35H62N3O12. The van der Waals surface area contributed by atoms with Gasteiger partial charge in [0, 0.05) is 32.4 Å². The lowest BCUT2D eigenvalue weighted by atomic mass is 10.0. The van der Waals surface area contributed by atoms with Crippen molar-refractivity contribution in [2.75, 3.05) is 65.9 Å². The number of aliphatic carboxylic acids is 2. The largest absolute Gasteiger partial charge is 0.481 e. The van der Waals surface area contributed by atoms with Gasteiger partial charge in [0.05, 0.1) is 39.6 Å². The molecule has 0 aliphatic rings. The third-order valence-corrected chi connectivity index (χ3v) is 7.56. The molecule has 5 N–H and O–H groups in total. The molecule has 0 saturated heterocycles. The van der Waals surface area contributed by atoms with E-state index in [9.17, 15) is 28.8 Å². The molecule has 15 nitrogen and oxygen atoms in total. The number of ether oxygens (including phenoxy) is 4. The molecule has 1 radical (unpaired) electrons. The van der Waals surface area contributed by atoms with Crippen LogP contribution < -0.4 is 16.0 Å². The van der Waals surface area contributed by atoms with Crippen LogP contribution >= 0.6 is 0 Å². The van der Waals surface area contributed by atoms with E-state index in [0.29, 0.717) is 26.2 Å². The molecule has 3 amide bonds. The van der Waals surface area contributed by atoms with E-state index in [2.05, 4.69) is 16.0 Å². The van der Waals surface area contributed by atoms with Crippen molar-refractivity contribution >= 4 is 35.9 Å². The number of rotatable bonds is 38. The second-order valence-corrected chi connectivity index (χ2v) is 12.0. The van der Waals surface area contributed by atoms with Gasteiger partial charge in [-0.2, -0.15) is 0 Å². The molecule has 1 atom stereocenters. The van der Waals surface area contributed by atoms with Gasteiger partial charge in [0.15, 0.2) is 6.29 Å². The first-order chi connectivity index (χ1) is 24.3. The summed E-state index contributed by atoms with van der Waals surface area (Å²) in [5.74, 6) is -2.84. The minimum absolute atomic E-state index is 0.0284. The van der Waals surface area contributed by atoms with Crippen LogP contribution in [0.2, 0.25) is 0 Å². The Morgan fingerprint density at radius 2 is 0.940 bits per heavy atom. The second kappa shape index (κ2) is 35.7. The van der Waals surface area contributed by atoms with Crippen molar-refractivity contribution in [3.8, 4) is 0 Å². The highest BCUT2D eigenvalue weighted by Gasteiger charge is 2.19. The van der Waals surface area contributed by atoms with Crippen LogP contribution in [0.25, 0.3) is 0 Å². The molecule has 0 fully saturated rings. The van der Waals surface area contributed by atoms with Crippen molar-refractivity contribution in [1.82, 2.24) is 16.0 Å². The molecule has 0 aromatic rings. The lowest BCUT2D eigenvalue weighted by Gasteiger charge is -2.13. The molecule has 0 aromatic heterocycles. The summed E-state index contributed by atoms with van der Waals surface area (Å²) in [6, 6.07) is -1.18. The minimum atomic E-state index is -1.24. The molecule has 0 aliphatic heterocycles. The Morgan fingerprint density at radius 3 is 1.40 bits per heavy atom. The number of carbonyl (C=O) groups excluding carboxylic acids is 4. The molecular weight excluding hydrogens is 654 g/mol. The Bertz CT molecular complexity index is 906. The highest BCUT2D eigenvalue weighted by atomic mass is 16.5. The third-order valence-electron chi connectivity index (χ3n) is 7.56. The van der Waals surface area contributed by atoms with Gasteiger partial charge in [-0.05, 0) is 19.3 Å². The van der Waals surface area contributed by atoms with Crippen LogP contribution in [0.3, 0.4) is 0 Å². The van der Waals surface area contributed by atoms with Crippen LogP contribution in [0.15, 0.2) is 0 Å². The van der Waals surface area contributed by atoms with Gasteiger partial charge in [-0.15, -0.1) is 0 Å². The van der Waals surface area contributed by atoms with Crippen molar-refractivity contribution in [2.24, 2.45) is 0 Å². The topological polar surface area (TPSA) is 216 Å². The first-order valence-corrected chi connectivity index (χ1v) is 18.2. The number of nitrogens with one attached hydrogen (secondary N) is 3. The lowest BCUT2D eigenvalue weighted by molar-refractivity contribution is -0.142. The fourth-order valence-electron chi connectivity index (χ4n) is 4.81. The monoisotopic (exact) mass is 716 g/mol. The van der Waals surface area contributed by atoms with Crippen LogP contribution in [-0.4, -0.2) is 118 Å². The van der Waals surface area contributed by atoms with Crippen LogP contribution in [0, 0.1) is 0 Å². The Morgan fingerprint density at radius 1 is 0.520 bits per heavy atom. The van der Waals surface area contributed by atoms with E-state index in [0.717, 1.165) is 38.5 Å². The molecule has 15 heteroatoms. The van der Waals surface area contributed by atoms with Gasteiger partial charge in [0.2, 0.25) is 17.7 Å². The van der Waals surface area contributed by atoms with E-state index in [4.69, 9.17) is 29.2 Å². The van der Waals surface area contributed by atoms with Gasteiger partial charge >= 0.3 is 11.9 Å². The first-order valence-electron chi connectivity index (χ1n) is 18.2.